The van der Waals surface area contributed by atoms with Crippen molar-refractivity contribution >= 4 is 10.0 Å². The number of benzene rings is 1. The van der Waals surface area contributed by atoms with Gasteiger partial charge < -0.3 is 4.57 Å². The Morgan fingerprint density at radius 1 is 1.26 bits per heavy atom. The van der Waals surface area contributed by atoms with Gasteiger partial charge in [-0.25, -0.2) is 13.6 Å². The molecule has 0 saturated carbocycles. The second-order valence-electron chi connectivity index (χ2n) is 4.61. The first kappa shape index (κ1) is 13.7. The lowest BCUT2D eigenvalue weighted by Crippen LogP contribution is -2.17. The van der Waals surface area contributed by atoms with Crippen LogP contribution < -0.4 is 5.14 Å². The number of aryl methyl sites for hydroxylation is 2. The Morgan fingerprint density at radius 2 is 1.95 bits per heavy atom. The van der Waals surface area contributed by atoms with Crippen LogP contribution in [0.25, 0.3) is 0 Å². The van der Waals surface area contributed by atoms with Crippen LogP contribution in [0.3, 0.4) is 0 Å². The zero-order valence-corrected chi connectivity index (χ0v) is 11.9. The monoisotopic (exact) mass is 280 g/mol. The van der Waals surface area contributed by atoms with Gasteiger partial charge in [0, 0.05) is 13.5 Å². The van der Waals surface area contributed by atoms with Gasteiger partial charge in [0.25, 0.3) is 15.2 Å². The molecule has 0 fully saturated rings. The highest BCUT2D eigenvalue weighted by Gasteiger charge is 2.18. The van der Waals surface area contributed by atoms with Gasteiger partial charge in [0.2, 0.25) is 0 Å². The molecular weight excluding hydrogens is 264 g/mol. The van der Waals surface area contributed by atoms with E-state index in [0.29, 0.717) is 12.2 Å². The minimum Gasteiger partial charge on any atom is -0.304 e. The summed E-state index contributed by atoms with van der Waals surface area (Å²) < 4.78 is 24.0. The van der Waals surface area contributed by atoms with E-state index in [9.17, 15) is 8.42 Å². The molecule has 1 heterocycles. The molecule has 2 aromatic rings. The predicted octanol–water partition coefficient (Wildman–Crippen LogP) is 0.670. The van der Waals surface area contributed by atoms with E-state index in [1.165, 1.54) is 4.57 Å². The minimum absolute atomic E-state index is 0.215. The van der Waals surface area contributed by atoms with Crippen molar-refractivity contribution < 1.29 is 8.42 Å². The highest BCUT2D eigenvalue weighted by Crippen LogP contribution is 2.15. The Labute approximate surface area is 112 Å². The molecule has 7 heteroatoms. The van der Waals surface area contributed by atoms with E-state index in [1.54, 1.807) is 7.05 Å². The number of primary sulfonamides is 1. The molecule has 0 aliphatic heterocycles. The van der Waals surface area contributed by atoms with Gasteiger partial charge in [0.05, 0.1) is 0 Å². The summed E-state index contributed by atoms with van der Waals surface area (Å²) in [5.74, 6) is 0.567. The third-order valence-electron chi connectivity index (χ3n) is 3.03. The van der Waals surface area contributed by atoms with Crippen LogP contribution in [0.4, 0.5) is 0 Å². The highest BCUT2D eigenvalue weighted by molar-refractivity contribution is 7.89. The van der Waals surface area contributed by atoms with E-state index in [0.717, 1.165) is 16.7 Å². The van der Waals surface area contributed by atoms with Crippen molar-refractivity contribution in [2.45, 2.75) is 25.4 Å². The molecule has 2 rings (SSSR count). The normalized spacial score (nSPS) is 11.8. The van der Waals surface area contributed by atoms with Gasteiger partial charge in [-0.05, 0) is 25.0 Å². The molecule has 19 heavy (non-hydrogen) atoms. The number of nitrogens with two attached hydrogens (primary N) is 1. The van der Waals surface area contributed by atoms with E-state index in [4.69, 9.17) is 5.14 Å². The number of rotatable bonds is 3. The Morgan fingerprint density at radius 3 is 2.53 bits per heavy atom. The zero-order chi connectivity index (χ0) is 14.2. The smallest absolute Gasteiger partial charge is 0.273 e. The van der Waals surface area contributed by atoms with Crippen LogP contribution in [-0.2, 0) is 23.5 Å². The maximum absolute atomic E-state index is 11.3. The molecule has 0 unspecified atom stereocenters. The van der Waals surface area contributed by atoms with Crippen LogP contribution in [0, 0.1) is 13.8 Å². The van der Waals surface area contributed by atoms with Crippen LogP contribution in [0.2, 0.25) is 0 Å². The second-order valence-corrected chi connectivity index (χ2v) is 6.06. The summed E-state index contributed by atoms with van der Waals surface area (Å²) in [6.07, 6.45) is 0.520. The Kier molecular flexibility index (Phi) is 3.42. The lowest BCUT2D eigenvalue weighted by molar-refractivity contribution is 0.578. The van der Waals surface area contributed by atoms with Crippen LogP contribution in [0.5, 0.6) is 0 Å². The van der Waals surface area contributed by atoms with Gasteiger partial charge in [-0.3, -0.25) is 0 Å². The van der Waals surface area contributed by atoms with E-state index >= 15 is 0 Å². The van der Waals surface area contributed by atoms with Crippen molar-refractivity contribution in [2.24, 2.45) is 12.2 Å². The topological polar surface area (TPSA) is 90.9 Å². The molecule has 0 amide bonds. The Balaban J connectivity index is 2.40. The Hall–Kier alpha value is -1.73. The fraction of sp³-hybridized carbons (Fsp3) is 0.333. The quantitative estimate of drug-likeness (QED) is 0.894. The van der Waals surface area contributed by atoms with Gasteiger partial charge in [-0.2, -0.15) is 0 Å². The average molecular weight is 280 g/mol. The van der Waals surface area contributed by atoms with Crippen molar-refractivity contribution in [2.75, 3.05) is 0 Å². The van der Waals surface area contributed by atoms with Crippen molar-refractivity contribution in [1.82, 2.24) is 14.8 Å². The molecule has 0 saturated heterocycles. The lowest BCUT2D eigenvalue weighted by atomic mass is 10.0. The second kappa shape index (κ2) is 4.75. The molecule has 1 aromatic carbocycles. The van der Waals surface area contributed by atoms with E-state index in [1.807, 2.05) is 26.0 Å². The first-order valence-corrected chi connectivity index (χ1v) is 7.31. The first-order chi connectivity index (χ1) is 8.79. The summed E-state index contributed by atoms with van der Waals surface area (Å²) in [6.45, 7) is 4.01. The van der Waals surface area contributed by atoms with Crippen LogP contribution >= 0.6 is 0 Å². The molecule has 2 N–H and O–H groups in total. The summed E-state index contributed by atoms with van der Waals surface area (Å²) in [4.78, 5) is 0. The standard InChI is InChI=1S/C12H16N4O2S/c1-8-4-5-9(2)10(6-8)7-11-14-15-12(16(11)3)19(13,17)18/h4-6H,7H2,1-3H3,(H2,13,17,18). The van der Waals surface area contributed by atoms with Gasteiger partial charge in [-0.1, -0.05) is 23.8 Å². The predicted molar refractivity (Wildman–Crippen MR) is 71.1 cm³/mol. The summed E-state index contributed by atoms with van der Waals surface area (Å²) >= 11 is 0. The maximum atomic E-state index is 11.3. The number of aromatic nitrogens is 3. The molecule has 0 spiro atoms. The summed E-state index contributed by atoms with van der Waals surface area (Å²) in [5.41, 5.74) is 3.37. The van der Waals surface area contributed by atoms with Crippen molar-refractivity contribution in [1.29, 1.82) is 0 Å². The summed E-state index contributed by atoms with van der Waals surface area (Å²) in [7, 11) is -2.24. The Bertz CT molecular complexity index is 719. The van der Waals surface area contributed by atoms with Crippen molar-refractivity contribution in [3.8, 4) is 0 Å². The maximum Gasteiger partial charge on any atom is 0.273 e. The third-order valence-corrected chi connectivity index (χ3v) is 3.90. The number of hydrogen-bond donors (Lipinski definition) is 1. The van der Waals surface area contributed by atoms with Crippen molar-refractivity contribution in [3.63, 3.8) is 0 Å². The van der Waals surface area contributed by atoms with E-state index in [2.05, 4.69) is 16.3 Å². The molecule has 0 aliphatic rings. The molecule has 0 radical (unpaired) electrons. The van der Waals surface area contributed by atoms with E-state index < -0.39 is 10.0 Å². The highest BCUT2D eigenvalue weighted by atomic mass is 32.2. The van der Waals surface area contributed by atoms with Crippen LogP contribution in [0.15, 0.2) is 23.4 Å². The lowest BCUT2D eigenvalue weighted by Gasteiger charge is -2.07. The zero-order valence-electron chi connectivity index (χ0n) is 11.1. The third kappa shape index (κ3) is 2.82. The number of hydrogen-bond acceptors (Lipinski definition) is 4. The fourth-order valence-corrected chi connectivity index (χ4v) is 2.55. The summed E-state index contributed by atoms with van der Waals surface area (Å²) in [6, 6.07) is 6.12. The van der Waals surface area contributed by atoms with Gasteiger partial charge >= 0.3 is 0 Å². The molecule has 1 aromatic heterocycles. The molecule has 6 nitrogen and oxygen atoms in total. The minimum atomic E-state index is -3.83. The largest absolute Gasteiger partial charge is 0.304 e. The first-order valence-electron chi connectivity index (χ1n) is 5.76. The molecule has 0 aliphatic carbocycles. The van der Waals surface area contributed by atoms with Gasteiger partial charge in [-0.15, -0.1) is 10.2 Å². The number of nitrogens with zero attached hydrogens (tertiary/aromatic N) is 3. The van der Waals surface area contributed by atoms with E-state index in [-0.39, 0.29) is 5.16 Å². The fourth-order valence-electron chi connectivity index (χ4n) is 1.91. The SMILES string of the molecule is Cc1ccc(C)c(Cc2nnc(S(N)(=O)=O)n2C)c1. The van der Waals surface area contributed by atoms with Crippen LogP contribution in [-0.4, -0.2) is 23.2 Å². The number of sulfonamides is 1. The molecule has 0 atom stereocenters. The van der Waals surface area contributed by atoms with Gasteiger partial charge in [0.15, 0.2) is 0 Å². The summed E-state index contributed by atoms with van der Waals surface area (Å²) in [5, 5.41) is 12.4. The average Bonchev–Trinajstić information content (AvgIpc) is 2.65. The molecular formula is C12H16N4O2S. The molecule has 102 valence electrons. The van der Waals surface area contributed by atoms with Gasteiger partial charge in [0.1, 0.15) is 5.82 Å². The molecule has 0 bridgehead atoms. The van der Waals surface area contributed by atoms with Crippen molar-refractivity contribution in [3.05, 3.63) is 40.7 Å². The van der Waals surface area contributed by atoms with Crippen LogP contribution in [0.1, 0.15) is 22.5 Å².